The minimum absolute atomic E-state index is 0.0543. The van der Waals surface area contributed by atoms with E-state index in [9.17, 15) is 4.79 Å². The molecule has 1 unspecified atom stereocenters. The highest BCUT2D eigenvalue weighted by atomic mass is 16.5. The lowest BCUT2D eigenvalue weighted by molar-refractivity contribution is 0.249. The molecule has 2 aliphatic rings. The van der Waals surface area contributed by atoms with Crippen molar-refractivity contribution in [1.29, 1.82) is 0 Å². The lowest BCUT2D eigenvalue weighted by Crippen LogP contribution is -2.25. The van der Waals surface area contributed by atoms with E-state index in [1.165, 1.54) is 12.8 Å². The molecule has 0 bridgehead atoms. The standard InChI is InChI=1S/C20H21N5O2/c26-20-11-18(21-17-3-1-2-9-25(17)20)24-10-8-14(12-24)13-27-19-7-6-16(22-23-19)15-4-5-15/h1-3,6-7,9,11,14-15H,4-5,8,10,12-13H2. The molecule has 1 atom stereocenters. The van der Waals surface area contributed by atoms with Crippen LogP contribution in [0.5, 0.6) is 5.88 Å². The molecule has 0 radical (unpaired) electrons. The minimum atomic E-state index is -0.0543. The summed E-state index contributed by atoms with van der Waals surface area (Å²) in [5, 5.41) is 8.44. The maximum atomic E-state index is 12.3. The number of hydrogen-bond acceptors (Lipinski definition) is 6. The highest BCUT2D eigenvalue weighted by molar-refractivity contribution is 5.48. The van der Waals surface area contributed by atoms with E-state index in [0.717, 1.165) is 31.0 Å². The van der Waals surface area contributed by atoms with Gasteiger partial charge >= 0.3 is 0 Å². The van der Waals surface area contributed by atoms with Gasteiger partial charge in [0, 0.05) is 43.3 Å². The van der Waals surface area contributed by atoms with Crippen molar-refractivity contribution in [3.05, 3.63) is 58.6 Å². The van der Waals surface area contributed by atoms with Crippen LogP contribution in [0.3, 0.4) is 0 Å². The Hall–Kier alpha value is -2.96. The zero-order chi connectivity index (χ0) is 18.2. The molecule has 1 aliphatic carbocycles. The lowest BCUT2D eigenvalue weighted by Gasteiger charge is -2.18. The normalized spacial score (nSPS) is 19.6. The van der Waals surface area contributed by atoms with Crippen LogP contribution in [0.15, 0.2) is 47.4 Å². The molecule has 0 amide bonds. The van der Waals surface area contributed by atoms with Gasteiger partial charge < -0.3 is 9.64 Å². The zero-order valence-electron chi connectivity index (χ0n) is 15.0. The summed E-state index contributed by atoms with van der Waals surface area (Å²) in [7, 11) is 0. The van der Waals surface area contributed by atoms with Crippen molar-refractivity contribution < 1.29 is 4.74 Å². The van der Waals surface area contributed by atoms with Crippen LogP contribution < -0.4 is 15.2 Å². The topological polar surface area (TPSA) is 72.6 Å². The van der Waals surface area contributed by atoms with Crippen LogP contribution in [0.25, 0.3) is 5.65 Å². The molecule has 3 aromatic heterocycles. The second-order valence-electron chi connectivity index (χ2n) is 7.36. The van der Waals surface area contributed by atoms with Gasteiger partial charge in [0.05, 0.1) is 12.3 Å². The first-order chi connectivity index (χ1) is 13.3. The summed E-state index contributed by atoms with van der Waals surface area (Å²) < 4.78 is 7.40. The van der Waals surface area contributed by atoms with E-state index < -0.39 is 0 Å². The average Bonchev–Trinajstić information content (AvgIpc) is 3.44. The zero-order valence-corrected chi connectivity index (χ0v) is 15.0. The van der Waals surface area contributed by atoms with Crippen LogP contribution in [0.4, 0.5) is 5.82 Å². The Morgan fingerprint density at radius 2 is 2.04 bits per heavy atom. The van der Waals surface area contributed by atoms with E-state index in [0.29, 0.717) is 30.0 Å². The van der Waals surface area contributed by atoms with Crippen molar-refractivity contribution in [1.82, 2.24) is 19.6 Å². The summed E-state index contributed by atoms with van der Waals surface area (Å²) in [6.45, 7) is 2.29. The van der Waals surface area contributed by atoms with Crippen molar-refractivity contribution in [3.8, 4) is 5.88 Å². The van der Waals surface area contributed by atoms with Gasteiger partial charge in [0.2, 0.25) is 5.88 Å². The van der Waals surface area contributed by atoms with Crippen molar-refractivity contribution >= 4 is 11.5 Å². The molecular weight excluding hydrogens is 342 g/mol. The smallest absolute Gasteiger partial charge is 0.259 e. The third-order valence-electron chi connectivity index (χ3n) is 5.29. The van der Waals surface area contributed by atoms with E-state index in [1.54, 1.807) is 16.7 Å². The van der Waals surface area contributed by atoms with Crippen molar-refractivity contribution in [2.75, 3.05) is 24.6 Å². The Balaban J connectivity index is 1.23. The maximum Gasteiger partial charge on any atom is 0.259 e. The monoisotopic (exact) mass is 363 g/mol. The summed E-state index contributed by atoms with van der Waals surface area (Å²) in [6.07, 6.45) is 5.19. The van der Waals surface area contributed by atoms with E-state index in [2.05, 4.69) is 20.1 Å². The predicted octanol–water partition coefficient (Wildman–Crippen LogP) is 2.27. The van der Waals surface area contributed by atoms with Crippen molar-refractivity contribution in [3.63, 3.8) is 0 Å². The molecule has 4 heterocycles. The summed E-state index contributed by atoms with van der Waals surface area (Å²) in [5.41, 5.74) is 1.69. The van der Waals surface area contributed by atoms with Crippen LogP contribution in [0, 0.1) is 5.92 Å². The molecular formula is C20H21N5O2. The van der Waals surface area contributed by atoms with Gasteiger partial charge in [-0.2, -0.15) is 5.10 Å². The maximum absolute atomic E-state index is 12.3. The van der Waals surface area contributed by atoms with E-state index >= 15 is 0 Å². The fourth-order valence-electron chi connectivity index (χ4n) is 3.59. The molecule has 138 valence electrons. The number of anilines is 1. The average molecular weight is 363 g/mol. The third-order valence-corrected chi connectivity index (χ3v) is 5.29. The van der Waals surface area contributed by atoms with E-state index in [4.69, 9.17) is 4.74 Å². The Kier molecular flexibility index (Phi) is 3.99. The van der Waals surface area contributed by atoms with Crippen LogP contribution >= 0.6 is 0 Å². The Labute approximate surface area is 156 Å². The quantitative estimate of drug-likeness (QED) is 0.692. The Morgan fingerprint density at radius 1 is 1.11 bits per heavy atom. The number of rotatable bonds is 5. The fraction of sp³-hybridized carbons (Fsp3) is 0.400. The molecule has 0 spiro atoms. The third kappa shape index (κ3) is 3.37. The molecule has 0 N–H and O–H groups in total. The van der Waals surface area contributed by atoms with E-state index in [-0.39, 0.29) is 5.56 Å². The molecule has 0 aromatic carbocycles. The SMILES string of the molecule is O=c1cc(N2CCC(COc3ccc(C4CC4)nn3)C2)nc2ccccn12. The first kappa shape index (κ1) is 16.2. The van der Waals surface area contributed by atoms with E-state index in [1.807, 2.05) is 30.3 Å². The van der Waals surface area contributed by atoms with Gasteiger partial charge in [0.1, 0.15) is 11.5 Å². The van der Waals surface area contributed by atoms with Crippen molar-refractivity contribution in [2.24, 2.45) is 5.92 Å². The summed E-state index contributed by atoms with van der Waals surface area (Å²) in [4.78, 5) is 19.1. The minimum Gasteiger partial charge on any atom is -0.476 e. The lowest BCUT2D eigenvalue weighted by atomic mass is 10.1. The van der Waals surface area contributed by atoms with Gasteiger partial charge in [-0.3, -0.25) is 9.20 Å². The van der Waals surface area contributed by atoms with Crippen LogP contribution in [-0.4, -0.2) is 39.3 Å². The number of hydrogen-bond donors (Lipinski definition) is 0. The Morgan fingerprint density at radius 3 is 2.85 bits per heavy atom. The predicted molar refractivity (Wildman–Crippen MR) is 101 cm³/mol. The van der Waals surface area contributed by atoms with Crippen molar-refractivity contribution in [2.45, 2.75) is 25.2 Å². The summed E-state index contributed by atoms with van der Waals surface area (Å²) in [6, 6.07) is 11.1. The number of aromatic nitrogens is 4. The molecule has 5 rings (SSSR count). The van der Waals surface area contributed by atoms with Gasteiger partial charge in [0.15, 0.2) is 0 Å². The van der Waals surface area contributed by atoms with Crippen LogP contribution in [-0.2, 0) is 0 Å². The molecule has 2 fully saturated rings. The molecule has 7 heteroatoms. The summed E-state index contributed by atoms with van der Waals surface area (Å²) in [5.74, 6) is 2.31. The molecule has 3 aromatic rings. The molecule has 1 saturated heterocycles. The number of fused-ring (bicyclic) bond motifs is 1. The van der Waals surface area contributed by atoms with Gasteiger partial charge in [0.25, 0.3) is 5.56 Å². The first-order valence-electron chi connectivity index (χ1n) is 9.46. The summed E-state index contributed by atoms with van der Waals surface area (Å²) >= 11 is 0. The van der Waals surface area contributed by atoms with Gasteiger partial charge in [-0.15, -0.1) is 5.10 Å². The van der Waals surface area contributed by atoms with Gasteiger partial charge in [-0.1, -0.05) is 6.07 Å². The molecule has 1 aliphatic heterocycles. The van der Waals surface area contributed by atoms with Gasteiger partial charge in [-0.05, 0) is 37.5 Å². The van der Waals surface area contributed by atoms with Gasteiger partial charge in [-0.25, -0.2) is 4.98 Å². The molecule has 7 nitrogen and oxygen atoms in total. The second kappa shape index (κ2) is 6.64. The van der Waals surface area contributed by atoms with Crippen LogP contribution in [0.1, 0.15) is 30.9 Å². The largest absolute Gasteiger partial charge is 0.476 e. The Bertz CT molecular complexity index is 1010. The highest BCUT2D eigenvalue weighted by Gasteiger charge is 2.26. The van der Waals surface area contributed by atoms with Crippen LogP contribution in [0.2, 0.25) is 0 Å². The number of ether oxygens (including phenoxy) is 1. The number of pyridine rings is 1. The molecule has 1 saturated carbocycles. The second-order valence-corrected chi connectivity index (χ2v) is 7.36. The first-order valence-corrected chi connectivity index (χ1v) is 9.46. The fourth-order valence-corrected chi connectivity index (χ4v) is 3.59. The number of nitrogens with zero attached hydrogens (tertiary/aromatic N) is 5. The molecule has 27 heavy (non-hydrogen) atoms. The highest BCUT2D eigenvalue weighted by Crippen LogP contribution is 2.38.